The Hall–Kier alpha value is -1.63. The summed E-state index contributed by atoms with van der Waals surface area (Å²) in [5.41, 5.74) is 0.132. The second kappa shape index (κ2) is 6.64. The number of hydrogen-bond acceptors (Lipinski definition) is 4. The lowest BCUT2D eigenvalue weighted by atomic mass is 9.79. The summed E-state index contributed by atoms with van der Waals surface area (Å²) in [6.07, 6.45) is 2.43. The van der Waals surface area contributed by atoms with E-state index in [4.69, 9.17) is 4.74 Å². The molecule has 1 aliphatic rings. The molecule has 1 aliphatic carbocycles. The van der Waals surface area contributed by atoms with Gasteiger partial charge in [0.05, 0.1) is 5.69 Å². The predicted molar refractivity (Wildman–Crippen MR) is 86.4 cm³/mol. The molecule has 1 heterocycles. The standard InChI is InChI=1S/C15H20BrN3O3/c1-15(2,3)22-14(21)18-10-7-9(8-10)13(20)19-11-5-4-6-17-12(11)16/h4-6,9-10H,7-8H2,1-3H3,(H,18,21)(H,19,20). The molecule has 22 heavy (non-hydrogen) atoms. The van der Waals surface area contributed by atoms with Gasteiger partial charge in [-0.25, -0.2) is 9.78 Å². The van der Waals surface area contributed by atoms with Crippen molar-refractivity contribution in [1.29, 1.82) is 0 Å². The second-order valence-corrected chi connectivity index (χ2v) is 7.09. The molecule has 0 atom stereocenters. The molecular formula is C15H20BrN3O3. The van der Waals surface area contributed by atoms with E-state index in [1.807, 2.05) is 20.8 Å². The molecule has 1 fully saturated rings. The molecule has 0 radical (unpaired) electrons. The first-order valence-corrected chi connectivity index (χ1v) is 7.95. The average molecular weight is 370 g/mol. The molecule has 0 unspecified atom stereocenters. The summed E-state index contributed by atoms with van der Waals surface area (Å²) in [5, 5.41) is 5.60. The molecule has 0 bridgehead atoms. The lowest BCUT2D eigenvalue weighted by molar-refractivity contribution is -0.123. The first-order valence-electron chi connectivity index (χ1n) is 7.15. The van der Waals surface area contributed by atoms with Crippen LogP contribution in [0.3, 0.4) is 0 Å². The van der Waals surface area contributed by atoms with Crippen molar-refractivity contribution in [2.45, 2.75) is 45.3 Å². The van der Waals surface area contributed by atoms with E-state index >= 15 is 0 Å². The minimum absolute atomic E-state index is 0.0112. The number of carbonyl (C=O) groups is 2. The fourth-order valence-electron chi connectivity index (χ4n) is 2.14. The maximum absolute atomic E-state index is 12.1. The molecule has 0 aliphatic heterocycles. The number of rotatable bonds is 3. The van der Waals surface area contributed by atoms with E-state index < -0.39 is 11.7 Å². The summed E-state index contributed by atoms with van der Waals surface area (Å²) in [6, 6.07) is 3.53. The van der Waals surface area contributed by atoms with Crippen molar-refractivity contribution < 1.29 is 14.3 Å². The van der Waals surface area contributed by atoms with Gasteiger partial charge in [0.15, 0.2) is 0 Å². The number of ether oxygens (including phenoxy) is 1. The van der Waals surface area contributed by atoms with E-state index in [-0.39, 0.29) is 17.9 Å². The van der Waals surface area contributed by atoms with E-state index in [0.29, 0.717) is 23.1 Å². The summed E-state index contributed by atoms with van der Waals surface area (Å²) in [7, 11) is 0. The fraction of sp³-hybridized carbons (Fsp3) is 0.533. The summed E-state index contributed by atoms with van der Waals surface area (Å²) < 4.78 is 5.79. The molecule has 1 aromatic rings. The quantitative estimate of drug-likeness (QED) is 0.802. The van der Waals surface area contributed by atoms with Gasteiger partial charge in [0.2, 0.25) is 5.91 Å². The van der Waals surface area contributed by atoms with E-state index in [2.05, 4.69) is 31.5 Å². The van der Waals surface area contributed by atoms with Crippen LogP contribution in [0.4, 0.5) is 10.5 Å². The number of hydrogen-bond donors (Lipinski definition) is 2. The van der Waals surface area contributed by atoms with Gasteiger partial charge in [-0.15, -0.1) is 0 Å². The van der Waals surface area contributed by atoms with Crippen LogP contribution >= 0.6 is 15.9 Å². The Morgan fingerprint density at radius 1 is 1.36 bits per heavy atom. The molecule has 0 spiro atoms. The molecule has 2 amide bonds. The minimum Gasteiger partial charge on any atom is -0.444 e. The molecular weight excluding hydrogens is 350 g/mol. The monoisotopic (exact) mass is 369 g/mol. The van der Waals surface area contributed by atoms with Crippen LogP contribution in [-0.2, 0) is 9.53 Å². The lowest BCUT2D eigenvalue weighted by Gasteiger charge is -2.35. The average Bonchev–Trinajstić information content (AvgIpc) is 2.33. The van der Waals surface area contributed by atoms with E-state index in [1.165, 1.54) is 0 Å². The largest absolute Gasteiger partial charge is 0.444 e. The molecule has 0 saturated heterocycles. The number of anilines is 1. The number of alkyl carbamates (subject to hydrolysis) is 1. The van der Waals surface area contributed by atoms with Crippen LogP contribution in [-0.4, -0.2) is 28.6 Å². The number of halogens is 1. The lowest BCUT2D eigenvalue weighted by Crippen LogP contribution is -2.49. The molecule has 6 nitrogen and oxygen atoms in total. The SMILES string of the molecule is CC(C)(C)OC(=O)NC1CC(C(=O)Nc2cccnc2Br)C1. The van der Waals surface area contributed by atoms with Gasteiger partial charge in [0.25, 0.3) is 0 Å². The van der Waals surface area contributed by atoms with Crippen molar-refractivity contribution in [2.24, 2.45) is 5.92 Å². The number of nitrogens with zero attached hydrogens (tertiary/aromatic N) is 1. The highest BCUT2D eigenvalue weighted by Crippen LogP contribution is 2.30. The minimum atomic E-state index is -0.517. The number of nitrogens with one attached hydrogen (secondary N) is 2. The Bertz CT molecular complexity index is 565. The van der Waals surface area contributed by atoms with Crippen LogP contribution in [0.2, 0.25) is 0 Å². The Kier molecular flexibility index (Phi) is 5.05. The van der Waals surface area contributed by atoms with Crippen molar-refractivity contribution in [2.75, 3.05) is 5.32 Å². The first-order chi connectivity index (χ1) is 10.2. The fourth-order valence-corrected chi connectivity index (χ4v) is 2.49. The summed E-state index contributed by atoms with van der Waals surface area (Å²) >= 11 is 3.29. The normalized spacial score (nSPS) is 20.7. The zero-order valence-electron chi connectivity index (χ0n) is 12.9. The Labute approximate surface area is 138 Å². The van der Waals surface area contributed by atoms with Gasteiger partial charge in [0.1, 0.15) is 10.2 Å². The Morgan fingerprint density at radius 3 is 2.64 bits per heavy atom. The highest BCUT2D eigenvalue weighted by Gasteiger charge is 2.36. The third-order valence-electron chi connectivity index (χ3n) is 3.25. The van der Waals surface area contributed by atoms with Gasteiger partial charge in [-0.3, -0.25) is 4.79 Å². The molecule has 2 rings (SSSR count). The Balaban J connectivity index is 1.76. The molecule has 2 N–H and O–H groups in total. The summed E-state index contributed by atoms with van der Waals surface area (Å²) in [4.78, 5) is 27.8. The van der Waals surface area contributed by atoms with Crippen molar-refractivity contribution in [1.82, 2.24) is 10.3 Å². The van der Waals surface area contributed by atoms with Crippen molar-refractivity contribution in [3.63, 3.8) is 0 Å². The third-order valence-corrected chi connectivity index (χ3v) is 3.88. The van der Waals surface area contributed by atoms with E-state index in [0.717, 1.165) is 0 Å². The molecule has 1 aromatic heterocycles. The van der Waals surface area contributed by atoms with Gasteiger partial charge in [0, 0.05) is 18.2 Å². The van der Waals surface area contributed by atoms with Crippen molar-refractivity contribution in [3.05, 3.63) is 22.9 Å². The number of amides is 2. The van der Waals surface area contributed by atoms with Gasteiger partial charge >= 0.3 is 6.09 Å². The smallest absolute Gasteiger partial charge is 0.407 e. The molecule has 0 aromatic carbocycles. The highest BCUT2D eigenvalue weighted by molar-refractivity contribution is 9.10. The van der Waals surface area contributed by atoms with Crippen LogP contribution in [0, 0.1) is 5.92 Å². The third kappa shape index (κ3) is 4.69. The second-order valence-electron chi connectivity index (χ2n) is 6.34. The maximum atomic E-state index is 12.1. The van der Waals surface area contributed by atoms with Crippen molar-refractivity contribution in [3.8, 4) is 0 Å². The van der Waals surface area contributed by atoms with E-state index in [1.54, 1.807) is 18.3 Å². The Morgan fingerprint density at radius 2 is 2.05 bits per heavy atom. The number of aromatic nitrogens is 1. The molecule has 1 saturated carbocycles. The number of carbonyl (C=O) groups excluding carboxylic acids is 2. The maximum Gasteiger partial charge on any atom is 0.407 e. The topological polar surface area (TPSA) is 80.3 Å². The number of pyridine rings is 1. The van der Waals surface area contributed by atoms with Gasteiger partial charge in [-0.2, -0.15) is 0 Å². The summed E-state index contributed by atoms with van der Waals surface area (Å²) in [6.45, 7) is 5.44. The van der Waals surface area contributed by atoms with Crippen LogP contribution in [0.1, 0.15) is 33.6 Å². The first kappa shape index (κ1) is 16.7. The zero-order valence-corrected chi connectivity index (χ0v) is 14.4. The van der Waals surface area contributed by atoms with Gasteiger partial charge in [-0.05, 0) is 61.7 Å². The van der Waals surface area contributed by atoms with Crippen LogP contribution in [0.5, 0.6) is 0 Å². The summed E-state index contributed by atoms with van der Waals surface area (Å²) in [5.74, 6) is -0.164. The molecule has 7 heteroatoms. The van der Waals surface area contributed by atoms with Crippen LogP contribution in [0.25, 0.3) is 0 Å². The van der Waals surface area contributed by atoms with Crippen LogP contribution in [0.15, 0.2) is 22.9 Å². The van der Waals surface area contributed by atoms with Gasteiger partial charge in [-0.1, -0.05) is 0 Å². The zero-order chi connectivity index (χ0) is 16.3. The van der Waals surface area contributed by atoms with Crippen molar-refractivity contribution >= 4 is 33.6 Å². The van der Waals surface area contributed by atoms with Crippen LogP contribution < -0.4 is 10.6 Å². The van der Waals surface area contributed by atoms with Gasteiger partial charge < -0.3 is 15.4 Å². The highest BCUT2D eigenvalue weighted by atomic mass is 79.9. The molecule has 120 valence electrons. The predicted octanol–water partition coefficient (Wildman–Crippen LogP) is 3.09. The van der Waals surface area contributed by atoms with E-state index in [9.17, 15) is 9.59 Å².